The van der Waals surface area contributed by atoms with E-state index in [1.54, 1.807) is 38.8 Å². The number of halogens is 2. The molecule has 2 aromatic carbocycles. The predicted octanol–water partition coefficient (Wildman–Crippen LogP) is 5.64. The van der Waals surface area contributed by atoms with E-state index in [1.807, 2.05) is 29.6 Å². The molecule has 1 amide bonds. The van der Waals surface area contributed by atoms with Crippen molar-refractivity contribution in [1.82, 2.24) is 14.7 Å². The molecule has 12 nitrogen and oxygen atoms in total. The molecule has 0 radical (unpaired) electrons. The van der Waals surface area contributed by atoms with Crippen LogP contribution in [-0.4, -0.2) is 72.0 Å². The van der Waals surface area contributed by atoms with E-state index in [2.05, 4.69) is 5.09 Å². The topological polar surface area (TPSA) is 132 Å². The van der Waals surface area contributed by atoms with E-state index in [1.165, 1.54) is 46.4 Å². The van der Waals surface area contributed by atoms with Gasteiger partial charge in [-0.05, 0) is 46.5 Å². The Balaban J connectivity index is 1.46. The van der Waals surface area contributed by atoms with Crippen LogP contribution in [0.15, 0.2) is 64.9 Å². The standard InChI is InChI=1S/C36H38F2N4O8PS/c1-6-49-51(46,39-33(35(45)47-5)36(2,3)4)50-31-25(43)13-15-41-30(31)34(44)40-16-17-48-19-26(40)42(41)29-20-9-7-8-10-21(20)32-23(14-18-52-32)27-22(29)11-12-24(37)28(27)38/h7-15,18,26,29,33,39,46H,6,16-17,19H2,1-5H3/q+1/t26?,29?,33-,51?/m0/s1. The fourth-order valence-electron chi connectivity index (χ4n) is 7.05. The third-order valence-corrected chi connectivity index (χ3v) is 12.0. The molecule has 3 aliphatic rings. The molecule has 52 heavy (non-hydrogen) atoms. The Bertz CT molecular complexity index is 2120. The second-order valence-corrected chi connectivity index (χ2v) is 16.3. The first-order valence-corrected chi connectivity index (χ1v) is 19.1. The largest absolute Gasteiger partial charge is 0.544 e. The molecule has 7 rings (SSSR count). The van der Waals surface area contributed by atoms with E-state index in [4.69, 9.17) is 18.5 Å². The van der Waals surface area contributed by atoms with Crippen molar-refractivity contribution in [3.8, 4) is 27.3 Å². The van der Waals surface area contributed by atoms with Crippen LogP contribution in [0.5, 0.6) is 5.75 Å². The SMILES string of the molecule is CCO[P+](O)(N[C@@H](C(=O)OC)C(C)(C)C)Oc1c2n(ccc1=O)N(C1c3ccccc3-c3sccc3-c3c1ccc(F)c3F)C1COCCN1C2=O. The Morgan fingerprint density at radius 2 is 1.88 bits per heavy atom. The average Bonchev–Trinajstić information content (AvgIpc) is 3.56. The number of pyridine rings is 1. The highest BCUT2D eigenvalue weighted by Crippen LogP contribution is 2.55. The highest BCUT2D eigenvalue weighted by Gasteiger charge is 2.54. The number of methoxy groups -OCH3 is 1. The molecule has 4 heterocycles. The molecule has 2 aliphatic heterocycles. The number of rotatable bonds is 8. The van der Waals surface area contributed by atoms with Crippen LogP contribution < -0.4 is 20.0 Å². The molecule has 274 valence electrons. The minimum Gasteiger partial charge on any atom is -0.468 e. The van der Waals surface area contributed by atoms with E-state index in [-0.39, 0.29) is 37.6 Å². The van der Waals surface area contributed by atoms with E-state index in [0.717, 1.165) is 22.1 Å². The number of morpholine rings is 1. The first-order chi connectivity index (χ1) is 24.8. The summed E-state index contributed by atoms with van der Waals surface area (Å²) in [6.45, 7) is 7.12. The van der Waals surface area contributed by atoms with E-state index < -0.39 is 66.4 Å². The summed E-state index contributed by atoms with van der Waals surface area (Å²) < 4.78 is 55.3. The number of ether oxygens (including phenoxy) is 2. The molecule has 2 aromatic heterocycles. The Morgan fingerprint density at radius 1 is 1.12 bits per heavy atom. The van der Waals surface area contributed by atoms with Gasteiger partial charge in [-0.3, -0.25) is 28.6 Å². The molecule has 1 saturated heterocycles. The number of esters is 1. The summed E-state index contributed by atoms with van der Waals surface area (Å²) in [5.41, 5.74) is 0.744. The van der Waals surface area contributed by atoms with Crippen LogP contribution in [0.25, 0.3) is 21.6 Å². The number of fused-ring (bicyclic) bond motifs is 7. The number of carbonyl (C=O) groups is 2. The first kappa shape index (κ1) is 36.1. The monoisotopic (exact) mass is 755 g/mol. The second-order valence-electron chi connectivity index (χ2n) is 13.6. The molecule has 4 aromatic rings. The van der Waals surface area contributed by atoms with Crippen molar-refractivity contribution in [1.29, 1.82) is 0 Å². The Labute approximate surface area is 303 Å². The fourth-order valence-corrected chi connectivity index (χ4v) is 9.78. The van der Waals surface area contributed by atoms with Crippen LogP contribution >= 0.6 is 19.4 Å². The van der Waals surface area contributed by atoms with Crippen molar-refractivity contribution >= 4 is 31.3 Å². The maximum Gasteiger partial charge on any atom is 0.544 e. The summed E-state index contributed by atoms with van der Waals surface area (Å²) >= 11 is 1.40. The molecule has 16 heteroatoms. The normalized spacial score (nSPS) is 19.7. The third kappa shape index (κ3) is 5.99. The summed E-state index contributed by atoms with van der Waals surface area (Å²) in [5.74, 6) is -3.85. The molecule has 3 unspecified atom stereocenters. The van der Waals surface area contributed by atoms with Gasteiger partial charge in [-0.1, -0.05) is 56.2 Å². The van der Waals surface area contributed by atoms with Gasteiger partial charge in [-0.25, -0.2) is 8.78 Å². The summed E-state index contributed by atoms with van der Waals surface area (Å²) in [5, 5.41) is 6.40. The van der Waals surface area contributed by atoms with Crippen molar-refractivity contribution in [3.63, 3.8) is 0 Å². The molecule has 0 spiro atoms. The van der Waals surface area contributed by atoms with Gasteiger partial charge < -0.3 is 14.4 Å². The molecule has 1 fully saturated rings. The number of carbonyl (C=O) groups excluding carboxylic acids is 2. The Hall–Kier alpha value is -4.24. The third-order valence-electron chi connectivity index (χ3n) is 9.39. The van der Waals surface area contributed by atoms with Crippen LogP contribution in [0.2, 0.25) is 0 Å². The number of thiophene rings is 1. The number of amides is 1. The zero-order valence-corrected chi connectivity index (χ0v) is 30.8. The van der Waals surface area contributed by atoms with Gasteiger partial charge >= 0.3 is 14.1 Å². The van der Waals surface area contributed by atoms with Gasteiger partial charge in [-0.15, -0.1) is 11.3 Å². The van der Waals surface area contributed by atoms with Gasteiger partial charge in [0.15, 0.2) is 23.4 Å². The lowest BCUT2D eigenvalue weighted by Crippen LogP contribution is -2.66. The summed E-state index contributed by atoms with van der Waals surface area (Å²) in [7, 11) is -3.12. The van der Waals surface area contributed by atoms with Gasteiger partial charge in [0.05, 0.1) is 33.0 Å². The lowest BCUT2D eigenvalue weighted by Gasteiger charge is -2.51. The van der Waals surface area contributed by atoms with Crippen LogP contribution in [0.4, 0.5) is 8.78 Å². The van der Waals surface area contributed by atoms with Crippen molar-refractivity contribution in [2.24, 2.45) is 5.41 Å². The highest BCUT2D eigenvalue weighted by atomic mass is 32.1. The number of nitrogens with one attached hydrogen (secondary N) is 1. The fraction of sp³-hybridized carbons (Fsp3) is 0.361. The number of aromatic nitrogens is 1. The van der Waals surface area contributed by atoms with E-state index in [9.17, 15) is 19.3 Å². The molecular formula is C36H38F2N4O8PS+. The number of hydrogen-bond donors (Lipinski definition) is 2. The maximum atomic E-state index is 16.1. The van der Waals surface area contributed by atoms with Gasteiger partial charge in [-0.2, -0.15) is 9.42 Å². The van der Waals surface area contributed by atoms with Crippen LogP contribution in [0, 0.1) is 17.0 Å². The summed E-state index contributed by atoms with van der Waals surface area (Å²) in [6.07, 6.45) is 0.636. The van der Waals surface area contributed by atoms with Crippen LogP contribution in [0.3, 0.4) is 0 Å². The van der Waals surface area contributed by atoms with E-state index in [0.29, 0.717) is 11.1 Å². The molecule has 0 saturated carbocycles. The van der Waals surface area contributed by atoms with Crippen molar-refractivity contribution < 1.29 is 41.8 Å². The van der Waals surface area contributed by atoms with Crippen molar-refractivity contribution in [3.05, 3.63) is 98.8 Å². The van der Waals surface area contributed by atoms with Gasteiger partial charge in [0.1, 0.15) is 6.17 Å². The van der Waals surface area contributed by atoms with Crippen molar-refractivity contribution in [2.45, 2.75) is 45.9 Å². The van der Waals surface area contributed by atoms with Crippen LogP contribution in [0.1, 0.15) is 55.4 Å². The quantitative estimate of drug-likeness (QED) is 0.172. The molecule has 0 bridgehead atoms. The average molecular weight is 756 g/mol. The maximum absolute atomic E-state index is 16.1. The molecular weight excluding hydrogens is 717 g/mol. The number of nitrogens with zero attached hydrogens (tertiary/aromatic N) is 3. The number of hydrogen-bond acceptors (Lipinski definition) is 11. The zero-order chi connectivity index (χ0) is 37.1. The Morgan fingerprint density at radius 3 is 2.62 bits per heavy atom. The predicted molar refractivity (Wildman–Crippen MR) is 191 cm³/mol. The minimum absolute atomic E-state index is 0.0524. The number of benzene rings is 2. The highest BCUT2D eigenvalue weighted by molar-refractivity contribution is 7.59. The lowest BCUT2D eigenvalue weighted by molar-refractivity contribution is -0.145. The van der Waals surface area contributed by atoms with Crippen LogP contribution in [-0.2, 0) is 18.8 Å². The zero-order valence-electron chi connectivity index (χ0n) is 29.1. The van der Waals surface area contributed by atoms with Gasteiger partial charge in [0.2, 0.25) is 5.43 Å². The Kier molecular flexibility index (Phi) is 9.47. The lowest BCUT2D eigenvalue weighted by atomic mass is 9.87. The second kappa shape index (κ2) is 13.6. The smallest absolute Gasteiger partial charge is 0.468 e. The molecule has 2 N–H and O–H groups in total. The summed E-state index contributed by atoms with van der Waals surface area (Å²) in [6, 6.07) is 11.1. The van der Waals surface area contributed by atoms with Crippen molar-refractivity contribution in [2.75, 3.05) is 38.5 Å². The van der Waals surface area contributed by atoms with Gasteiger partial charge in [0, 0.05) is 34.8 Å². The minimum atomic E-state index is -4.32. The first-order valence-electron chi connectivity index (χ1n) is 16.7. The van der Waals surface area contributed by atoms with E-state index >= 15 is 8.78 Å². The van der Waals surface area contributed by atoms with Gasteiger partial charge in [0.25, 0.3) is 11.7 Å². The molecule has 1 aliphatic carbocycles. The summed E-state index contributed by atoms with van der Waals surface area (Å²) in [4.78, 5) is 55.3. The molecule has 4 atom stereocenters.